The van der Waals surface area contributed by atoms with Crippen LogP contribution in [0.25, 0.3) is 0 Å². The second-order valence-corrected chi connectivity index (χ2v) is 2.80. The highest BCUT2D eigenvalue weighted by Crippen LogP contribution is 2.12. The molecule has 0 saturated carbocycles. The van der Waals surface area contributed by atoms with Crippen molar-refractivity contribution in [3.05, 3.63) is 0 Å². The van der Waals surface area contributed by atoms with Crippen molar-refractivity contribution in [3.8, 4) is 0 Å². The van der Waals surface area contributed by atoms with E-state index < -0.39 is 0 Å². The van der Waals surface area contributed by atoms with Crippen LogP contribution in [0.1, 0.15) is 19.8 Å². The van der Waals surface area contributed by atoms with Crippen molar-refractivity contribution in [2.75, 3.05) is 6.54 Å². The van der Waals surface area contributed by atoms with Gasteiger partial charge in [0.25, 0.3) is 0 Å². The van der Waals surface area contributed by atoms with Crippen LogP contribution in [0.15, 0.2) is 0 Å². The number of piperidine rings is 1. The first-order chi connectivity index (χ1) is 4.33. The molecule has 3 nitrogen and oxygen atoms in total. The molecule has 0 aromatic rings. The maximum Gasteiger partial charge on any atom is 0.0704 e. The molecule has 9 heavy (non-hydrogen) atoms. The van der Waals surface area contributed by atoms with E-state index >= 15 is 0 Å². The summed E-state index contributed by atoms with van der Waals surface area (Å²) in [5.41, 5.74) is 2.72. The van der Waals surface area contributed by atoms with Gasteiger partial charge in [-0.3, -0.25) is 5.84 Å². The molecule has 1 saturated heterocycles. The third-order valence-electron chi connectivity index (χ3n) is 1.87. The SMILES string of the molecule is CC1CCNC(NN)C1. The fraction of sp³-hybridized carbons (Fsp3) is 1.00. The first-order valence-electron chi connectivity index (χ1n) is 3.52. The number of nitrogens with one attached hydrogen (secondary N) is 2. The summed E-state index contributed by atoms with van der Waals surface area (Å²) in [6.45, 7) is 3.35. The number of rotatable bonds is 1. The molecular formula is C6H15N3. The van der Waals surface area contributed by atoms with E-state index in [0.717, 1.165) is 18.9 Å². The Kier molecular flexibility index (Phi) is 2.45. The Bertz CT molecular complexity index is 84.4. The molecule has 2 unspecified atom stereocenters. The maximum atomic E-state index is 5.25. The minimum Gasteiger partial charge on any atom is -0.301 e. The first-order valence-corrected chi connectivity index (χ1v) is 3.52. The van der Waals surface area contributed by atoms with Crippen molar-refractivity contribution >= 4 is 0 Å². The smallest absolute Gasteiger partial charge is 0.0704 e. The van der Waals surface area contributed by atoms with Gasteiger partial charge in [-0.2, -0.15) is 0 Å². The molecule has 0 aliphatic carbocycles. The van der Waals surface area contributed by atoms with E-state index in [9.17, 15) is 0 Å². The van der Waals surface area contributed by atoms with Gasteiger partial charge in [0.15, 0.2) is 0 Å². The molecule has 0 aromatic carbocycles. The fourth-order valence-corrected chi connectivity index (χ4v) is 1.23. The zero-order valence-electron chi connectivity index (χ0n) is 5.85. The van der Waals surface area contributed by atoms with Crippen molar-refractivity contribution in [1.82, 2.24) is 10.7 Å². The van der Waals surface area contributed by atoms with Crippen LogP contribution in [-0.2, 0) is 0 Å². The topological polar surface area (TPSA) is 50.1 Å². The maximum absolute atomic E-state index is 5.25. The molecule has 0 amide bonds. The van der Waals surface area contributed by atoms with Crippen LogP contribution in [0.2, 0.25) is 0 Å². The normalized spacial score (nSPS) is 36.7. The summed E-state index contributed by atoms with van der Waals surface area (Å²) in [6.07, 6.45) is 2.77. The van der Waals surface area contributed by atoms with Gasteiger partial charge in [-0.15, -0.1) is 0 Å². The molecule has 4 N–H and O–H groups in total. The van der Waals surface area contributed by atoms with Gasteiger partial charge in [-0.25, -0.2) is 5.43 Å². The summed E-state index contributed by atoms with van der Waals surface area (Å²) in [5, 5.41) is 3.26. The standard InChI is InChI=1S/C6H15N3/c1-5-2-3-8-6(4-5)9-7/h5-6,8-9H,2-4,7H2,1H3. The molecule has 1 aliphatic heterocycles. The van der Waals surface area contributed by atoms with Gasteiger partial charge in [0.2, 0.25) is 0 Å². The molecule has 0 aromatic heterocycles. The second kappa shape index (κ2) is 3.15. The lowest BCUT2D eigenvalue weighted by Gasteiger charge is -2.27. The largest absolute Gasteiger partial charge is 0.301 e. The lowest BCUT2D eigenvalue weighted by atomic mass is 9.99. The van der Waals surface area contributed by atoms with Crippen LogP contribution in [0.3, 0.4) is 0 Å². The van der Waals surface area contributed by atoms with Crippen molar-refractivity contribution in [1.29, 1.82) is 0 Å². The van der Waals surface area contributed by atoms with Crippen molar-refractivity contribution < 1.29 is 0 Å². The van der Waals surface area contributed by atoms with Crippen molar-refractivity contribution in [2.24, 2.45) is 11.8 Å². The number of nitrogens with two attached hydrogens (primary N) is 1. The molecular weight excluding hydrogens is 114 g/mol. The van der Waals surface area contributed by atoms with E-state index in [-0.39, 0.29) is 0 Å². The number of hydrogen-bond acceptors (Lipinski definition) is 3. The zero-order chi connectivity index (χ0) is 6.69. The van der Waals surface area contributed by atoms with Gasteiger partial charge in [-0.05, 0) is 25.3 Å². The Morgan fingerprint density at radius 3 is 2.89 bits per heavy atom. The predicted octanol–water partition coefficient (Wildman–Crippen LogP) is -0.205. The highest BCUT2D eigenvalue weighted by Gasteiger charge is 2.15. The zero-order valence-corrected chi connectivity index (χ0v) is 5.85. The Labute approximate surface area is 56.0 Å². The minimum absolute atomic E-state index is 0.341. The molecule has 1 fully saturated rings. The molecule has 1 aliphatic rings. The molecule has 1 heterocycles. The van der Waals surface area contributed by atoms with Crippen LogP contribution < -0.4 is 16.6 Å². The molecule has 0 spiro atoms. The van der Waals surface area contributed by atoms with E-state index in [1.807, 2.05) is 0 Å². The molecule has 0 radical (unpaired) electrons. The Morgan fingerprint density at radius 2 is 2.44 bits per heavy atom. The van der Waals surface area contributed by atoms with E-state index in [4.69, 9.17) is 5.84 Å². The molecule has 54 valence electrons. The Morgan fingerprint density at radius 1 is 1.67 bits per heavy atom. The summed E-state index contributed by atoms with van der Waals surface area (Å²) in [4.78, 5) is 0. The Balaban J connectivity index is 2.23. The van der Waals surface area contributed by atoms with E-state index in [1.165, 1.54) is 6.42 Å². The average Bonchev–Trinajstić information content (AvgIpc) is 1.88. The lowest BCUT2D eigenvalue weighted by Crippen LogP contribution is -2.50. The van der Waals surface area contributed by atoms with Gasteiger partial charge in [-0.1, -0.05) is 6.92 Å². The van der Waals surface area contributed by atoms with Crippen LogP contribution in [0, 0.1) is 5.92 Å². The van der Waals surface area contributed by atoms with Crippen LogP contribution >= 0.6 is 0 Å². The minimum atomic E-state index is 0.341. The third-order valence-corrected chi connectivity index (χ3v) is 1.87. The summed E-state index contributed by atoms with van der Waals surface area (Å²) >= 11 is 0. The quantitative estimate of drug-likeness (QED) is 0.339. The summed E-state index contributed by atoms with van der Waals surface area (Å²) in [6, 6.07) is 0. The van der Waals surface area contributed by atoms with Crippen LogP contribution in [-0.4, -0.2) is 12.7 Å². The van der Waals surface area contributed by atoms with Gasteiger partial charge in [0.1, 0.15) is 0 Å². The summed E-state index contributed by atoms with van der Waals surface area (Å²) in [5.74, 6) is 6.07. The van der Waals surface area contributed by atoms with Crippen molar-refractivity contribution in [2.45, 2.75) is 25.9 Å². The molecule has 2 atom stereocenters. The highest BCUT2D eigenvalue weighted by molar-refractivity contribution is 4.71. The molecule has 1 rings (SSSR count). The van der Waals surface area contributed by atoms with Gasteiger partial charge >= 0.3 is 0 Å². The van der Waals surface area contributed by atoms with Crippen molar-refractivity contribution in [3.63, 3.8) is 0 Å². The Hall–Kier alpha value is -0.120. The van der Waals surface area contributed by atoms with E-state index in [0.29, 0.717) is 6.17 Å². The number of hydrazine groups is 1. The van der Waals surface area contributed by atoms with Gasteiger partial charge in [0, 0.05) is 0 Å². The highest BCUT2D eigenvalue weighted by atomic mass is 15.3. The van der Waals surface area contributed by atoms with Gasteiger partial charge in [0.05, 0.1) is 6.17 Å². The second-order valence-electron chi connectivity index (χ2n) is 2.80. The predicted molar refractivity (Wildman–Crippen MR) is 37.5 cm³/mol. The average molecular weight is 129 g/mol. The van der Waals surface area contributed by atoms with E-state index in [2.05, 4.69) is 17.7 Å². The van der Waals surface area contributed by atoms with Crippen LogP contribution in [0.5, 0.6) is 0 Å². The summed E-state index contributed by atoms with van der Waals surface area (Å²) in [7, 11) is 0. The van der Waals surface area contributed by atoms with E-state index in [1.54, 1.807) is 0 Å². The summed E-state index contributed by atoms with van der Waals surface area (Å²) < 4.78 is 0. The molecule has 0 bridgehead atoms. The fourth-order valence-electron chi connectivity index (χ4n) is 1.23. The first kappa shape index (κ1) is 6.99. The molecule has 3 heteroatoms. The van der Waals surface area contributed by atoms with Crippen LogP contribution in [0.4, 0.5) is 0 Å². The van der Waals surface area contributed by atoms with Gasteiger partial charge < -0.3 is 5.32 Å². The number of hydrogen-bond donors (Lipinski definition) is 3. The lowest BCUT2D eigenvalue weighted by molar-refractivity contribution is 0.284. The monoisotopic (exact) mass is 129 g/mol. The third kappa shape index (κ3) is 1.93.